The number of hydrogen-bond acceptors (Lipinski definition) is 3. The first kappa shape index (κ1) is 16.8. The van der Waals surface area contributed by atoms with E-state index in [0.29, 0.717) is 18.2 Å². The van der Waals surface area contributed by atoms with E-state index in [2.05, 4.69) is 54.6 Å². The van der Waals surface area contributed by atoms with Gasteiger partial charge in [-0.1, -0.05) is 48.6 Å². The topological polar surface area (TPSA) is 43.4 Å². The lowest BCUT2D eigenvalue weighted by atomic mass is 9.69. The zero-order chi connectivity index (χ0) is 20.0. The van der Waals surface area contributed by atoms with Crippen molar-refractivity contribution >= 4 is 33.1 Å². The van der Waals surface area contributed by atoms with Gasteiger partial charge in [-0.05, 0) is 52.6 Å². The molecule has 7 rings (SSSR count). The van der Waals surface area contributed by atoms with E-state index >= 15 is 0 Å². The molecule has 30 heavy (non-hydrogen) atoms. The van der Waals surface area contributed by atoms with Crippen LogP contribution < -0.4 is 4.74 Å². The van der Waals surface area contributed by atoms with Crippen LogP contribution in [0.25, 0.3) is 21.5 Å². The van der Waals surface area contributed by atoms with Crippen LogP contribution in [0.4, 0.5) is 0 Å². The highest BCUT2D eigenvalue weighted by molar-refractivity contribution is 6.01. The van der Waals surface area contributed by atoms with Gasteiger partial charge in [0, 0.05) is 35.0 Å². The van der Waals surface area contributed by atoms with Crippen molar-refractivity contribution in [3.05, 3.63) is 66.7 Å². The average molecular weight is 394 g/mol. The van der Waals surface area contributed by atoms with Crippen molar-refractivity contribution in [2.24, 2.45) is 41.4 Å². The second-order valence-corrected chi connectivity index (χ2v) is 9.51. The lowest BCUT2D eigenvalue weighted by Gasteiger charge is -2.34. The summed E-state index contributed by atoms with van der Waals surface area (Å²) >= 11 is 0. The third-order valence-electron chi connectivity index (χ3n) is 8.25. The Morgan fingerprint density at radius 3 is 2.37 bits per heavy atom. The standard InChI is InChI=1S/C27H22O3/c28-26-18-8-9-19(26)25-23-17(12-21(24(18)25)27(23)29)13-30-22-7-3-6-16-10-14-4-1-2-5-15(14)11-20(16)22/h1-11,17-19,21,23-25H,12-13H2. The molecule has 148 valence electrons. The van der Waals surface area contributed by atoms with Gasteiger partial charge in [-0.2, -0.15) is 0 Å². The molecule has 4 aliphatic rings. The number of benzene rings is 3. The van der Waals surface area contributed by atoms with E-state index in [1.165, 1.54) is 16.2 Å². The summed E-state index contributed by atoms with van der Waals surface area (Å²) in [5.74, 6) is 2.40. The van der Waals surface area contributed by atoms with Crippen LogP contribution in [0.2, 0.25) is 0 Å². The normalized spacial score (nSPS) is 35.7. The van der Waals surface area contributed by atoms with Crippen molar-refractivity contribution < 1.29 is 14.3 Å². The zero-order valence-corrected chi connectivity index (χ0v) is 16.5. The van der Waals surface area contributed by atoms with Gasteiger partial charge in [0.25, 0.3) is 0 Å². The number of carbonyl (C=O) groups is 2. The van der Waals surface area contributed by atoms with Gasteiger partial charge in [-0.25, -0.2) is 0 Å². The molecular weight excluding hydrogens is 372 g/mol. The molecule has 4 bridgehead atoms. The van der Waals surface area contributed by atoms with E-state index in [9.17, 15) is 9.59 Å². The average Bonchev–Trinajstić information content (AvgIpc) is 3.46. The predicted octanol–water partition coefficient (Wildman–Crippen LogP) is 4.82. The predicted molar refractivity (Wildman–Crippen MR) is 115 cm³/mol. The number of allylic oxidation sites excluding steroid dienone is 2. The number of hydrogen-bond donors (Lipinski definition) is 0. The highest BCUT2D eigenvalue weighted by atomic mass is 16.5. The molecule has 3 aromatic carbocycles. The lowest BCUT2D eigenvalue weighted by molar-refractivity contribution is -0.125. The smallest absolute Gasteiger partial charge is 0.147 e. The van der Waals surface area contributed by atoms with E-state index in [1.54, 1.807) is 0 Å². The van der Waals surface area contributed by atoms with Gasteiger partial charge in [0.2, 0.25) is 0 Å². The molecule has 3 saturated carbocycles. The maximum atomic E-state index is 13.0. The highest BCUT2D eigenvalue weighted by Crippen LogP contribution is 2.64. The molecule has 0 aliphatic heterocycles. The molecule has 3 aromatic rings. The first-order chi connectivity index (χ1) is 14.7. The van der Waals surface area contributed by atoms with Crippen LogP contribution in [-0.4, -0.2) is 18.2 Å². The molecule has 0 radical (unpaired) electrons. The van der Waals surface area contributed by atoms with Crippen LogP contribution in [0, 0.1) is 41.4 Å². The van der Waals surface area contributed by atoms with Crippen molar-refractivity contribution in [3.8, 4) is 5.75 Å². The van der Waals surface area contributed by atoms with E-state index in [4.69, 9.17) is 4.74 Å². The number of rotatable bonds is 3. The fraction of sp³-hybridized carbons (Fsp3) is 0.333. The number of carbonyl (C=O) groups excluding carboxylic acids is 2. The number of ether oxygens (including phenoxy) is 1. The summed E-state index contributed by atoms with van der Waals surface area (Å²) in [4.78, 5) is 25.5. The van der Waals surface area contributed by atoms with Crippen LogP contribution in [0.15, 0.2) is 66.7 Å². The molecule has 0 spiro atoms. The third-order valence-corrected chi connectivity index (χ3v) is 8.25. The monoisotopic (exact) mass is 394 g/mol. The Hall–Kier alpha value is -2.94. The molecule has 3 fully saturated rings. The summed E-state index contributed by atoms with van der Waals surface area (Å²) in [6.45, 7) is 0.553. The zero-order valence-electron chi connectivity index (χ0n) is 16.5. The van der Waals surface area contributed by atoms with Crippen LogP contribution in [0.3, 0.4) is 0 Å². The van der Waals surface area contributed by atoms with Crippen LogP contribution >= 0.6 is 0 Å². The van der Waals surface area contributed by atoms with Gasteiger partial charge in [-0.15, -0.1) is 0 Å². The molecule has 3 nitrogen and oxygen atoms in total. The fourth-order valence-corrected chi connectivity index (χ4v) is 7.10. The van der Waals surface area contributed by atoms with E-state index in [0.717, 1.165) is 17.6 Å². The van der Waals surface area contributed by atoms with E-state index in [1.807, 2.05) is 12.1 Å². The summed E-state index contributed by atoms with van der Waals surface area (Å²) in [5.41, 5.74) is 0. The van der Waals surface area contributed by atoms with Gasteiger partial charge in [0.15, 0.2) is 0 Å². The summed E-state index contributed by atoms with van der Waals surface area (Å²) in [5, 5.41) is 4.70. The Balaban J connectivity index is 1.19. The van der Waals surface area contributed by atoms with Crippen molar-refractivity contribution in [2.75, 3.05) is 6.61 Å². The van der Waals surface area contributed by atoms with Gasteiger partial charge < -0.3 is 4.74 Å². The molecule has 0 N–H and O–H groups in total. The van der Waals surface area contributed by atoms with Gasteiger partial charge in [0.05, 0.1) is 6.61 Å². The maximum absolute atomic E-state index is 13.0. The lowest BCUT2D eigenvalue weighted by Crippen LogP contribution is -2.33. The molecule has 7 atom stereocenters. The Bertz CT molecular complexity index is 1270. The summed E-state index contributed by atoms with van der Waals surface area (Å²) < 4.78 is 6.35. The van der Waals surface area contributed by atoms with Crippen LogP contribution in [0.1, 0.15) is 6.42 Å². The first-order valence-electron chi connectivity index (χ1n) is 11.0. The number of ketones is 2. The third kappa shape index (κ3) is 2.05. The first-order valence-corrected chi connectivity index (χ1v) is 11.0. The van der Waals surface area contributed by atoms with Crippen LogP contribution in [-0.2, 0) is 9.59 Å². The maximum Gasteiger partial charge on any atom is 0.147 e. The van der Waals surface area contributed by atoms with Crippen molar-refractivity contribution in [2.45, 2.75) is 6.42 Å². The molecule has 0 saturated heterocycles. The second kappa shape index (κ2) is 5.81. The van der Waals surface area contributed by atoms with E-state index in [-0.39, 0.29) is 41.4 Å². The summed E-state index contributed by atoms with van der Waals surface area (Å²) in [6.07, 6.45) is 5.01. The van der Waals surface area contributed by atoms with Crippen molar-refractivity contribution in [3.63, 3.8) is 0 Å². The minimum absolute atomic E-state index is 0.000272. The fourth-order valence-electron chi connectivity index (χ4n) is 7.10. The van der Waals surface area contributed by atoms with Gasteiger partial charge in [0.1, 0.15) is 17.3 Å². The Morgan fingerprint density at radius 1 is 0.800 bits per heavy atom. The van der Waals surface area contributed by atoms with Crippen molar-refractivity contribution in [1.82, 2.24) is 0 Å². The minimum atomic E-state index is -0.0225. The SMILES string of the molecule is O=C1C2C=CC1C1C3C(=O)C(CC3COc3cccc4cc5ccccc5cc34)C21. The van der Waals surface area contributed by atoms with E-state index < -0.39 is 0 Å². The molecule has 0 heterocycles. The van der Waals surface area contributed by atoms with Gasteiger partial charge >= 0.3 is 0 Å². The number of Topliss-reactive ketones (excluding diaryl/α,β-unsaturated/α-hetero) is 2. The van der Waals surface area contributed by atoms with Crippen LogP contribution in [0.5, 0.6) is 5.75 Å². The highest BCUT2D eigenvalue weighted by Gasteiger charge is 2.68. The molecular formula is C27H22O3. The molecule has 3 heteroatoms. The molecule has 0 amide bonds. The molecule has 7 unspecified atom stereocenters. The summed E-state index contributed by atoms with van der Waals surface area (Å²) in [7, 11) is 0. The minimum Gasteiger partial charge on any atom is -0.493 e. The Morgan fingerprint density at radius 2 is 1.53 bits per heavy atom. The molecule has 0 aromatic heterocycles. The quantitative estimate of drug-likeness (QED) is 0.363. The Labute approximate surface area is 174 Å². The summed E-state index contributed by atoms with van der Waals surface area (Å²) in [6, 6.07) is 19.0. The number of fused-ring (bicyclic) bond motifs is 11. The molecule has 4 aliphatic carbocycles. The van der Waals surface area contributed by atoms with Crippen molar-refractivity contribution in [1.29, 1.82) is 0 Å². The Kier molecular flexibility index (Phi) is 3.26. The van der Waals surface area contributed by atoms with Gasteiger partial charge in [-0.3, -0.25) is 9.59 Å². The second-order valence-electron chi connectivity index (χ2n) is 9.51. The largest absolute Gasteiger partial charge is 0.493 e.